The second-order valence-electron chi connectivity index (χ2n) is 4.81. The molecule has 0 fully saturated rings. The highest BCUT2D eigenvalue weighted by atomic mass is 19.4. The number of hydrogen-bond acceptors (Lipinski definition) is 2. The van der Waals surface area contributed by atoms with Gasteiger partial charge in [0.25, 0.3) is 0 Å². The van der Waals surface area contributed by atoms with Crippen molar-refractivity contribution in [2.45, 2.75) is 13.1 Å². The molecule has 2 aromatic rings. The van der Waals surface area contributed by atoms with Gasteiger partial charge in [0.05, 0.1) is 11.1 Å². The lowest BCUT2D eigenvalue weighted by Gasteiger charge is -2.14. The first-order valence-electron chi connectivity index (χ1n) is 6.36. The molecule has 2 aromatic carbocycles. The molecule has 0 aromatic heterocycles. The number of ketones is 1. The smallest absolute Gasteiger partial charge is 0.416 e. The third-order valence-electron chi connectivity index (χ3n) is 3.23. The van der Waals surface area contributed by atoms with Crippen molar-refractivity contribution in [2.24, 2.45) is 0 Å². The van der Waals surface area contributed by atoms with E-state index in [-0.39, 0.29) is 16.7 Å². The van der Waals surface area contributed by atoms with Gasteiger partial charge in [-0.2, -0.15) is 13.2 Å². The van der Waals surface area contributed by atoms with Gasteiger partial charge in [-0.15, -0.1) is 0 Å². The van der Waals surface area contributed by atoms with E-state index in [1.807, 2.05) is 0 Å². The number of alkyl halides is 3. The predicted molar refractivity (Wildman–Crippen MR) is 73.8 cm³/mol. The Bertz CT molecular complexity index is 794. The average Bonchev–Trinajstić information content (AvgIpc) is 2.45. The molecule has 7 heteroatoms. The average molecular weight is 326 g/mol. The monoisotopic (exact) mass is 326 g/mol. The second-order valence-corrected chi connectivity index (χ2v) is 4.81. The van der Waals surface area contributed by atoms with Crippen molar-refractivity contribution in [3.05, 3.63) is 58.9 Å². The number of aromatic carboxylic acids is 1. The van der Waals surface area contributed by atoms with Gasteiger partial charge in [0.1, 0.15) is 5.82 Å². The summed E-state index contributed by atoms with van der Waals surface area (Å²) in [6, 6.07) is 5.01. The van der Waals surface area contributed by atoms with E-state index in [0.717, 1.165) is 31.2 Å². The third kappa shape index (κ3) is 3.39. The lowest BCUT2D eigenvalue weighted by molar-refractivity contribution is -0.137. The van der Waals surface area contributed by atoms with Crippen LogP contribution in [0.2, 0.25) is 0 Å². The van der Waals surface area contributed by atoms with Gasteiger partial charge in [0.2, 0.25) is 0 Å². The molecule has 3 nitrogen and oxygen atoms in total. The summed E-state index contributed by atoms with van der Waals surface area (Å²) in [5.41, 5.74) is -2.02. The summed E-state index contributed by atoms with van der Waals surface area (Å²) in [6.45, 7) is 1.12. The molecule has 0 bridgehead atoms. The highest BCUT2D eigenvalue weighted by molar-refractivity contribution is 6.04. The summed E-state index contributed by atoms with van der Waals surface area (Å²) in [7, 11) is 0. The SMILES string of the molecule is CC(=O)c1cc(F)ccc1-c1cc(C(F)(F)F)ccc1C(=O)O. The number of halogens is 4. The summed E-state index contributed by atoms with van der Waals surface area (Å²) in [6.07, 6.45) is -4.68. The van der Waals surface area contributed by atoms with Crippen LogP contribution in [0.3, 0.4) is 0 Å². The molecule has 0 saturated heterocycles. The number of carbonyl (C=O) groups is 2. The minimum atomic E-state index is -4.68. The maximum atomic E-state index is 13.3. The number of Topliss-reactive ketones (excluding diaryl/α,β-unsaturated/α-hetero) is 1. The Morgan fingerprint density at radius 2 is 1.61 bits per heavy atom. The molecule has 0 aliphatic carbocycles. The van der Waals surface area contributed by atoms with Crippen molar-refractivity contribution >= 4 is 11.8 Å². The van der Waals surface area contributed by atoms with Crippen LogP contribution in [-0.4, -0.2) is 16.9 Å². The van der Waals surface area contributed by atoms with Gasteiger partial charge in [-0.1, -0.05) is 6.07 Å². The van der Waals surface area contributed by atoms with Crippen LogP contribution in [0.15, 0.2) is 36.4 Å². The van der Waals surface area contributed by atoms with Crippen molar-refractivity contribution in [3.8, 4) is 11.1 Å². The Kier molecular flexibility index (Phi) is 4.22. The van der Waals surface area contributed by atoms with Crippen LogP contribution in [-0.2, 0) is 6.18 Å². The number of carboxylic acids is 1. The second kappa shape index (κ2) is 5.83. The van der Waals surface area contributed by atoms with Crippen LogP contribution in [0.4, 0.5) is 17.6 Å². The zero-order valence-corrected chi connectivity index (χ0v) is 11.7. The predicted octanol–water partition coefficient (Wildman–Crippen LogP) is 4.41. The van der Waals surface area contributed by atoms with Crippen LogP contribution in [0.5, 0.6) is 0 Å². The molecule has 1 N–H and O–H groups in total. The van der Waals surface area contributed by atoms with E-state index in [2.05, 4.69) is 0 Å². The molecule has 0 saturated carbocycles. The van der Waals surface area contributed by atoms with Crippen LogP contribution >= 0.6 is 0 Å². The Hall–Kier alpha value is -2.70. The van der Waals surface area contributed by atoms with Crippen molar-refractivity contribution in [2.75, 3.05) is 0 Å². The molecule has 0 aliphatic heterocycles. The molecule has 0 unspecified atom stereocenters. The maximum Gasteiger partial charge on any atom is 0.416 e. The maximum absolute atomic E-state index is 13.3. The number of rotatable bonds is 3. The lowest BCUT2D eigenvalue weighted by atomic mass is 9.92. The van der Waals surface area contributed by atoms with Gasteiger partial charge in [-0.3, -0.25) is 4.79 Å². The number of benzene rings is 2. The first-order chi connectivity index (χ1) is 10.6. The molecule has 0 radical (unpaired) electrons. The minimum Gasteiger partial charge on any atom is -0.478 e. The van der Waals surface area contributed by atoms with Crippen molar-refractivity contribution in [1.29, 1.82) is 0 Å². The molecule has 0 amide bonds. The molecule has 0 heterocycles. The molecule has 23 heavy (non-hydrogen) atoms. The Balaban J connectivity index is 2.80. The first-order valence-corrected chi connectivity index (χ1v) is 6.36. The highest BCUT2D eigenvalue weighted by Crippen LogP contribution is 2.35. The van der Waals surface area contributed by atoms with E-state index < -0.39 is 34.9 Å². The van der Waals surface area contributed by atoms with Crippen LogP contribution in [0.1, 0.15) is 33.2 Å². The zero-order valence-electron chi connectivity index (χ0n) is 11.7. The van der Waals surface area contributed by atoms with Gasteiger partial charge < -0.3 is 5.11 Å². The Morgan fingerprint density at radius 1 is 0.957 bits per heavy atom. The Morgan fingerprint density at radius 3 is 2.13 bits per heavy atom. The van der Waals surface area contributed by atoms with Crippen LogP contribution < -0.4 is 0 Å². The van der Waals surface area contributed by atoms with E-state index >= 15 is 0 Å². The van der Waals surface area contributed by atoms with Gasteiger partial charge in [0.15, 0.2) is 5.78 Å². The molecule has 0 spiro atoms. The molecule has 2 rings (SSSR count). The molecular formula is C16H10F4O3. The van der Waals surface area contributed by atoms with Crippen molar-refractivity contribution in [3.63, 3.8) is 0 Å². The largest absolute Gasteiger partial charge is 0.478 e. The molecule has 120 valence electrons. The van der Waals surface area contributed by atoms with Crippen LogP contribution in [0, 0.1) is 5.82 Å². The highest BCUT2D eigenvalue weighted by Gasteiger charge is 2.32. The quantitative estimate of drug-likeness (QED) is 0.671. The number of hydrogen-bond donors (Lipinski definition) is 1. The van der Waals surface area contributed by atoms with Crippen LogP contribution in [0.25, 0.3) is 11.1 Å². The van der Waals surface area contributed by atoms with Gasteiger partial charge in [-0.05, 0) is 48.4 Å². The Labute approximate surface area is 128 Å². The van der Waals surface area contributed by atoms with Crippen molar-refractivity contribution in [1.82, 2.24) is 0 Å². The van der Waals surface area contributed by atoms with Crippen molar-refractivity contribution < 1.29 is 32.3 Å². The van der Waals surface area contributed by atoms with E-state index in [4.69, 9.17) is 5.11 Å². The van der Waals surface area contributed by atoms with E-state index in [1.165, 1.54) is 0 Å². The standard InChI is InChI=1S/C16H10F4O3/c1-8(21)13-7-10(17)3-5-11(13)14-6-9(16(18,19)20)2-4-12(14)15(22)23/h2-7H,1H3,(H,22,23). The fraction of sp³-hybridized carbons (Fsp3) is 0.125. The molecule has 0 atom stereocenters. The summed E-state index contributed by atoms with van der Waals surface area (Å²) < 4.78 is 51.9. The topological polar surface area (TPSA) is 54.4 Å². The summed E-state index contributed by atoms with van der Waals surface area (Å²) >= 11 is 0. The van der Waals surface area contributed by atoms with E-state index in [9.17, 15) is 27.2 Å². The van der Waals surface area contributed by atoms with Gasteiger partial charge in [0, 0.05) is 5.56 Å². The normalized spacial score (nSPS) is 11.3. The van der Waals surface area contributed by atoms with E-state index in [0.29, 0.717) is 12.1 Å². The van der Waals surface area contributed by atoms with E-state index in [1.54, 1.807) is 0 Å². The summed E-state index contributed by atoms with van der Waals surface area (Å²) in [4.78, 5) is 22.9. The fourth-order valence-corrected chi connectivity index (χ4v) is 2.17. The number of carboxylic acid groups (broad SMARTS) is 1. The molecule has 0 aliphatic rings. The minimum absolute atomic E-state index is 0.0672. The molecular weight excluding hydrogens is 316 g/mol. The fourth-order valence-electron chi connectivity index (χ4n) is 2.17. The van der Waals surface area contributed by atoms with Gasteiger partial charge in [-0.25, -0.2) is 9.18 Å². The zero-order chi connectivity index (χ0) is 17.4. The number of carbonyl (C=O) groups excluding carboxylic acids is 1. The lowest BCUT2D eigenvalue weighted by Crippen LogP contribution is -2.09. The third-order valence-corrected chi connectivity index (χ3v) is 3.23. The summed E-state index contributed by atoms with van der Waals surface area (Å²) in [5.74, 6) is -2.79. The first kappa shape index (κ1) is 16.7. The van der Waals surface area contributed by atoms with Gasteiger partial charge >= 0.3 is 12.1 Å². The summed E-state index contributed by atoms with van der Waals surface area (Å²) in [5, 5.41) is 9.16.